The van der Waals surface area contributed by atoms with Crippen LogP contribution in [-0.2, 0) is 35.9 Å². The van der Waals surface area contributed by atoms with Crippen molar-refractivity contribution in [2.24, 2.45) is 0 Å². The van der Waals surface area contributed by atoms with E-state index >= 15 is 0 Å². The molecule has 163 valence electrons. The molecule has 1 aliphatic heterocycles. The number of piperidine rings is 1. The lowest BCUT2D eigenvalue weighted by Gasteiger charge is -2.32. The van der Waals surface area contributed by atoms with Crippen LogP contribution in [-0.4, -0.2) is 44.9 Å². The Morgan fingerprint density at radius 1 is 1.10 bits per heavy atom. The van der Waals surface area contributed by atoms with Gasteiger partial charge in [-0.05, 0) is 81.0 Å². The SMILES string of the molecule is CC(C)=C1C[N]CC(N(C)S(=O)(=O)NC(=O)Nc2c3c(cc4c2CCC4)CCC3)C1. The molecule has 4 rings (SSSR count). The van der Waals surface area contributed by atoms with Crippen LogP contribution in [0.1, 0.15) is 55.4 Å². The maximum atomic E-state index is 12.9. The number of carbonyl (C=O) groups excluding carboxylic acids is 1. The average molecular weight is 432 g/mol. The first-order valence-corrected chi connectivity index (χ1v) is 12.2. The molecule has 1 aromatic rings. The fourth-order valence-corrected chi connectivity index (χ4v) is 5.82. The summed E-state index contributed by atoms with van der Waals surface area (Å²) >= 11 is 0. The summed E-state index contributed by atoms with van der Waals surface area (Å²) in [4.78, 5) is 12.7. The van der Waals surface area contributed by atoms with Crippen LogP contribution in [0.3, 0.4) is 0 Å². The van der Waals surface area contributed by atoms with Crippen molar-refractivity contribution in [2.45, 2.75) is 64.8 Å². The summed E-state index contributed by atoms with van der Waals surface area (Å²) in [6, 6.07) is 1.32. The largest absolute Gasteiger partial charge is 0.333 e. The van der Waals surface area contributed by atoms with Crippen LogP contribution in [0.4, 0.5) is 10.5 Å². The second-order valence-corrected chi connectivity index (χ2v) is 10.6. The van der Waals surface area contributed by atoms with Gasteiger partial charge in [-0.2, -0.15) is 12.7 Å². The van der Waals surface area contributed by atoms with Gasteiger partial charge in [0.1, 0.15) is 0 Å². The monoisotopic (exact) mass is 431 g/mol. The van der Waals surface area contributed by atoms with Crippen LogP contribution in [0.15, 0.2) is 17.2 Å². The number of hydrogen-bond acceptors (Lipinski definition) is 3. The van der Waals surface area contributed by atoms with E-state index in [9.17, 15) is 13.2 Å². The number of hydrogen-bond donors (Lipinski definition) is 2. The van der Waals surface area contributed by atoms with Gasteiger partial charge in [0, 0.05) is 31.9 Å². The standard InChI is InChI=1S/C22H31N4O3S/c1-14(2)17-11-18(13-23-12-17)26(3)30(28,29)25-22(27)24-21-19-8-4-6-15(19)10-16-7-5-9-20(16)21/h10,18H,4-9,11-13H2,1-3H3,(H2,24,25,27). The summed E-state index contributed by atoms with van der Waals surface area (Å²) in [6.45, 7) is 5.13. The summed E-state index contributed by atoms with van der Waals surface area (Å²) < 4.78 is 29.2. The van der Waals surface area contributed by atoms with Crippen molar-refractivity contribution in [1.29, 1.82) is 0 Å². The third-order valence-corrected chi connectivity index (χ3v) is 8.16. The molecule has 1 aromatic carbocycles. The number of benzene rings is 1. The zero-order chi connectivity index (χ0) is 21.5. The predicted molar refractivity (Wildman–Crippen MR) is 118 cm³/mol. The Bertz CT molecular complexity index is 964. The molecule has 0 saturated carbocycles. The van der Waals surface area contributed by atoms with Crippen LogP contribution < -0.4 is 15.4 Å². The summed E-state index contributed by atoms with van der Waals surface area (Å²) in [6.07, 6.45) is 6.71. The highest BCUT2D eigenvalue weighted by atomic mass is 32.2. The highest BCUT2D eigenvalue weighted by Crippen LogP contribution is 2.38. The first-order valence-electron chi connectivity index (χ1n) is 10.8. The molecule has 1 radical (unpaired) electrons. The Balaban J connectivity index is 1.49. The molecule has 1 saturated heterocycles. The molecule has 1 unspecified atom stereocenters. The Morgan fingerprint density at radius 3 is 2.33 bits per heavy atom. The molecule has 1 fully saturated rings. The molecule has 30 heavy (non-hydrogen) atoms. The highest BCUT2D eigenvalue weighted by molar-refractivity contribution is 7.87. The minimum absolute atomic E-state index is 0.279. The van der Waals surface area contributed by atoms with Crippen molar-refractivity contribution in [3.8, 4) is 0 Å². The lowest BCUT2D eigenvalue weighted by Crippen LogP contribution is -2.51. The maximum absolute atomic E-state index is 12.9. The number of allylic oxidation sites excluding steroid dienone is 1. The first-order chi connectivity index (χ1) is 14.3. The lowest BCUT2D eigenvalue weighted by molar-refractivity contribution is 0.255. The van der Waals surface area contributed by atoms with Gasteiger partial charge in [-0.3, -0.25) is 0 Å². The van der Waals surface area contributed by atoms with Crippen LogP contribution in [0, 0.1) is 0 Å². The number of aryl methyl sites for hydroxylation is 2. The van der Waals surface area contributed by atoms with Gasteiger partial charge in [-0.1, -0.05) is 17.2 Å². The van der Waals surface area contributed by atoms with Crippen LogP contribution in [0.5, 0.6) is 0 Å². The number of rotatable bonds is 4. The second-order valence-electron chi connectivity index (χ2n) is 8.84. The molecule has 2 aliphatic carbocycles. The van der Waals surface area contributed by atoms with Gasteiger partial charge < -0.3 is 5.32 Å². The van der Waals surface area contributed by atoms with Crippen molar-refractivity contribution < 1.29 is 13.2 Å². The van der Waals surface area contributed by atoms with Crippen molar-refractivity contribution in [1.82, 2.24) is 14.3 Å². The highest BCUT2D eigenvalue weighted by Gasteiger charge is 2.32. The van der Waals surface area contributed by atoms with Gasteiger partial charge in [0.25, 0.3) is 0 Å². The zero-order valence-electron chi connectivity index (χ0n) is 18.0. The number of amides is 2. The van der Waals surface area contributed by atoms with Crippen molar-refractivity contribution in [3.63, 3.8) is 0 Å². The van der Waals surface area contributed by atoms with E-state index in [1.165, 1.54) is 39.2 Å². The quantitative estimate of drug-likeness (QED) is 0.718. The van der Waals surface area contributed by atoms with Gasteiger partial charge in [0.2, 0.25) is 0 Å². The fraction of sp³-hybridized carbons (Fsp3) is 0.591. The van der Waals surface area contributed by atoms with E-state index in [1.54, 1.807) is 0 Å². The second kappa shape index (κ2) is 8.32. The molecule has 8 heteroatoms. The number of fused-ring (bicyclic) bond motifs is 2. The zero-order valence-corrected chi connectivity index (χ0v) is 18.9. The number of nitrogens with zero attached hydrogens (tertiary/aromatic N) is 2. The van der Waals surface area contributed by atoms with Gasteiger partial charge >= 0.3 is 16.2 Å². The third-order valence-electron chi connectivity index (χ3n) is 6.66. The van der Waals surface area contributed by atoms with Gasteiger partial charge in [0.15, 0.2) is 0 Å². The molecular weight excluding hydrogens is 400 g/mol. The minimum atomic E-state index is -3.97. The van der Waals surface area contributed by atoms with E-state index in [0.717, 1.165) is 49.8 Å². The Morgan fingerprint density at radius 2 is 1.73 bits per heavy atom. The molecule has 2 amide bonds. The van der Waals surface area contributed by atoms with Crippen LogP contribution in [0.2, 0.25) is 0 Å². The van der Waals surface area contributed by atoms with Crippen molar-refractivity contribution in [3.05, 3.63) is 39.5 Å². The van der Waals surface area contributed by atoms with E-state index in [1.807, 2.05) is 13.8 Å². The molecule has 7 nitrogen and oxygen atoms in total. The summed E-state index contributed by atoms with van der Waals surface area (Å²) in [5.41, 5.74) is 8.12. The number of likely N-dealkylation sites (N-methyl/N-ethyl adjacent to an activating group) is 1. The molecule has 0 bridgehead atoms. The number of anilines is 1. The van der Waals surface area contributed by atoms with Crippen LogP contribution in [0.25, 0.3) is 0 Å². The third kappa shape index (κ3) is 4.13. The maximum Gasteiger partial charge on any atom is 0.333 e. The molecule has 2 N–H and O–H groups in total. The van der Waals surface area contributed by atoms with Gasteiger partial charge in [-0.15, -0.1) is 0 Å². The summed E-state index contributed by atoms with van der Waals surface area (Å²) in [7, 11) is -2.45. The number of nitrogens with one attached hydrogen (secondary N) is 2. The van der Waals surface area contributed by atoms with E-state index < -0.39 is 16.2 Å². The molecule has 0 aromatic heterocycles. The Labute approximate surface area is 179 Å². The molecule has 3 aliphatic rings. The summed E-state index contributed by atoms with van der Waals surface area (Å²) in [5, 5.41) is 7.32. The van der Waals surface area contributed by atoms with Gasteiger partial charge in [-0.25, -0.2) is 14.8 Å². The van der Waals surface area contributed by atoms with Gasteiger partial charge in [0.05, 0.1) is 0 Å². The molecule has 1 heterocycles. The van der Waals surface area contributed by atoms with Crippen LogP contribution >= 0.6 is 0 Å². The van der Waals surface area contributed by atoms with Crippen molar-refractivity contribution >= 4 is 21.9 Å². The Hall–Kier alpha value is -1.90. The van der Waals surface area contributed by atoms with Crippen molar-refractivity contribution in [2.75, 3.05) is 25.5 Å². The lowest BCUT2D eigenvalue weighted by atomic mass is 9.98. The topological polar surface area (TPSA) is 92.6 Å². The number of carbonyl (C=O) groups is 1. The van der Waals surface area contributed by atoms with E-state index in [4.69, 9.17) is 0 Å². The predicted octanol–water partition coefficient (Wildman–Crippen LogP) is 2.68. The fourth-order valence-electron chi connectivity index (χ4n) is 4.86. The average Bonchev–Trinajstić information content (AvgIpc) is 3.36. The first kappa shape index (κ1) is 21.3. The normalized spacial score (nSPS) is 20.8. The minimum Gasteiger partial charge on any atom is -0.307 e. The number of urea groups is 1. The molecule has 0 spiro atoms. The molecule has 1 atom stereocenters. The van der Waals surface area contributed by atoms with E-state index in [0.29, 0.717) is 19.5 Å². The van der Waals surface area contributed by atoms with E-state index in [2.05, 4.69) is 21.4 Å². The van der Waals surface area contributed by atoms with E-state index in [-0.39, 0.29) is 6.04 Å². The molecular formula is C22H31N4O3S. The Kier molecular flexibility index (Phi) is 5.92. The summed E-state index contributed by atoms with van der Waals surface area (Å²) in [5.74, 6) is 0. The smallest absolute Gasteiger partial charge is 0.307 e.